The van der Waals surface area contributed by atoms with Gasteiger partial charge >= 0.3 is 0 Å². The lowest BCUT2D eigenvalue weighted by atomic mass is 9.96. The van der Waals surface area contributed by atoms with E-state index in [0.717, 1.165) is 25.7 Å². The number of methoxy groups -OCH3 is 1. The Balaban J connectivity index is 2.41. The highest BCUT2D eigenvalue weighted by Gasteiger charge is 2.32. The van der Waals surface area contributed by atoms with Crippen LogP contribution in [0.15, 0.2) is 17.0 Å². The monoisotopic (exact) mass is 351 g/mol. The molecule has 1 aliphatic carbocycles. The minimum absolute atomic E-state index is 0.0305. The lowest BCUT2D eigenvalue weighted by Gasteiger charge is -2.30. The Morgan fingerprint density at radius 2 is 1.81 bits per heavy atom. The second-order valence-corrected chi connectivity index (χ2v) is 7.96. The van der Waals surface area contributed by atoms with E-state index in [-0.39, 0.29) is 26.7 Å². The number of halogens is 2. The van der Waals surface area contributed by atoms with Crippen molar-refractivity contribution in [2.45, 2.75) is 43.0 Å². The third kappa shape index (κ3) is 3.31. The van der Waals surface area contributed by atoms with Crippen molar-refractivity contribution in [1.82, 2.24) is 4.31 Å². The molecule has 0 radical (unpaired) electrons. The first-order chi connectivity index (χ1) is 9.89. The van der Waals surface area contributed by atoms with E-state index >= 15 is 0 Å². The summed E-state index contributed by atoms with van der Waals surface area (Å²) in [5.41, 5.74) is 0. The molecule has 0 amide bonds. The first-order valence-electron chi connectivity index (χ1n) is 6.89. The molecule has 1 aromatic carbocycles. The first kappa shape index (κ1) is 16.9. The van der Waals surface area contributed by atoms with Gasteiger partial charge in [-0.05, 0) is 25.0 Å². The standard InChI is InChI=1S/C14H19Cl2NO3S/c1-17(10-6-4-3-5-7-10)21(18,19)12-9-8-11(15)13(16)14(12)20-2/h8-10H,3-7H2,1-2H3. The van der Waals surface area contributed by atoms with Gasteiger partial charge in [-0.1, -0.05) is 42.5 Å². The molecule has 1 aromatic rings. The van der Waals surface area contributed by atoms with Crippen LogP contribution >= 0.6 is 23.2 Å². The molecule has 0 spiro atoms. The molecule has 0 bridgehead atoms. The molecule has 1 fully saturated rings. The molecule has 21 heavy (non-hydrogen) atoms. The number of sulfonamides is 1. The Hall–Kier alpha value is -0.490. The van der Waals surface area contributed by atoms with Gasteiger partial charge in [-0.3, -0.25) is 0 Å². The minimum atomic E-state index is -3.66. The molecule has 0 aliphatic heterocycles. The molecule has 1 saturated carbocycles. The largest absolute Gasteiger partial charge is 0.494 e. The quantitative estimate of drug-likeness (QED) is 0.824. The van der Waals surface area contributed by atoms with Crippen LogP contribution in [0, 0.1) is 0 Å². The van der Waals surface area contributed by atoms with Gasteiger partial charge in [0.2, 0.25) is 10.0 Å². The van der Waals surface area contributed by atoms with Crippen molar-refractivity contribution in [3.05, 3.63) is 22.2 Å². The number of nitrogens with zero attached hydrogens (tertiary/aromatic N) is 1. The summed E-state index contributed by atoms with van der Waals surface area (Å²) in [6.45, 7) is 0. The van der Waals surface area contributed by atoms with Crippen molar-refractivity contribution in [3.8, 4) is 5.75 Å². The maximum absolute atomic E-state index is 12.8. The highest BCUT2D eigenvalue weighted by atomic mass is 35.5. The molecule has 0 aromatic heterocycles. The van der Waals surface area contributed by atoms with Gasteiger partial charge in [-0.2, -0.15) is 4.31 Å². The Morgan fingerprint density at radius 3 is 2.38 bits per heavy atom. The molecule has 0 unspecified atom stereocenters. The number of hydrogen-bond donors (Lipinski definition) is 0. The van der Waals surface area contributed by atoms with Crippen molar-refractivity contribution < 1.29 is 13.2 Å². The van der Waals surface area contributed by atoms with Gasteiger partial charge in [0, 0.05) is 13.1 Å². The van der Waals surface area contributed by atoms with Crippen LogP contribution in [-0.4, -0.2) is 32.9 Å². The van der Waals surface area contributed by atoms with Crippen LogP contribution < -0.4 is 4.74 Å². The van der Waals surface area contributed by atoms with Crippen molar-refractivity contribution in [3.63, 3.8) is 0 Å². The van der Waals surface area contributed by atoms with Gasteiger partial charge in [-0.25, -0.2) is 8.42 Å². The molecule has 2 rings (SSSR count). The normalized spacial score (nSPS) is 17.2. The third-order valence-corrected chi connectivity index (χ3v) is 6.68. The summed E-state index contributed by atoms with van der Waals surface area (Å²) in [7, 11) is -0.651. The van der Waals surface area contributed by atoms with Crippen molar-refractivity contribution in [2.75, 3.05) is 14.2 Å². The first-order valence-corrected chi connectivity index (χ1v) is 9.09. The Bertz CT molecular complexity index is 613. The van der Waals surface area contributed by atoms with E-state index in [9.17, 15) is 8.42 Å². The summed E-state index contributed by atoms with van der Waals surface area (Å²) >= 11 is 12.0. The Kier molecular flexibility index (Phi) is 5.41. The fourth-order valence-electron chi connectivity index (χ4n) is 2.70. The number of rotatable bonds is 4. The number of ether oxygens (including phenoxy) is 1. The molecule has 7 heteroatoms. The van der Waals surface area contributed by atoms with Gasteiger partial charge in [0.25, 0.3) is 0 Å². The van der Waals surface area contributed by atoms with Gasteiger partial charge < -0.3 is 4.74 Å². The summed E-state index contributed by atoms with van der Waals surface area (Å²) in [6, 6.07) is 2.96. The molecule has 0 saturated heterocycles. The van der Waals surface area contributed by atoms with Crippen molar-refractivity contribution in [2.24, 2.45) is 0 Å². The zero-order chi connectivity index (χ0) is 15.6. The molecule has 0 atom stereocenters. The fraction of sp³-hybridized carbons (Fsp3) is 0.571. The third-order valence-electron chi connectivity index (χ3n) is 3.96. The van der Waals surface area contributed by atoms with E-state index < -0.39 is 10.0 Å². The van der Waals surface area contributed by atoms with E-state index in [0.29, 0.717) is 0 Å². The van der Waals surface area contributed by atoms with E-state index in [1.807, 2.05) is 0 Å². The smallest absolute Gasteiger partial charge is 0.246 e. The van der Waals surface area contributed by atoms with E-state index in [4.69, 9.17) is 27.9 Å². The minimum Gasteiger partial charge on any atom is -0.494 e. The fourth-order valence-corrected chi connectivity index (χ4v) is 4.72. The summed E-state index contributed by atoms with van der Waals surface area (Å²) < 4.78 is 32.2. The number of hydrogen-bond acceptors (Lipinski definition) is 3. The molecular formula is C14H19Cl2NO3S. The zero-order valence-electron chi connectivity index (χ0n) is 12.1. The molecule has 4 nitrogen and oxygen atoms in total. The van der Waals surface area contributed by atoms with E-state index in [1.165, 1.54) is 30.0 Å². The van der Waals surface area contributed by atoms with Crippen LogP contribution in [0.5, 0.6) is 5.75 Å². The maximum atomic E-state index is 12.8. The SMILES string of the molecule is COc1c(S(=O)(=O)N(C)C2CCCCC2)ccc(Cl)c1Cl. The van der Waals surface area contributed by atoms with Crippen LogP contribution in [0.3, 0.4) is 0 Å². The highest BCUT2D eigenvalue weighted by molar-refractivity contribution is 7.89. The lowest BCUT2D eigenvalue weighted by molar-refractivity contribution is 0.284. The summed E-state index contributed by atoms with van der Waals surface area (Å²) in [5.74, 6) is 0.104. The van der Waals surface area contributed by atoms with Gasteiger partial charge in [-0.15, -0.1) is 0 Å². The van der Waals surface area contributed by atoms with Gasteiger partial charge in [0.05, 0.1) is 12.1 Å². The second kappa shape index (κ2) is 6.73. The Morgan fingerprint density at radius 1 is 1.19 bits per heavy atom. The van der Waals surface area contributed by atoms with Crippen molar-refractivity contribution in [1.29, 1.82) is 0 Å². The van der Waals surface area contributed by atoms with E-state index in [1.54, 1.807) is 7.05 Å². The molecule has 118 valence electrons. The molecule has 1 aliphatic rings. The zero-order valence-corrected chi connectivity index (χ0v) is 14.4. The second-order valence-electron chi connectivity index (χ2n) is 5.21. The average Bonchev–Trinajstić information content (AvgIpc) is 2.49. The summed E-state index contributed by atoms with van der Waals surface area (Å²) in [4.78, 5) is 0.0625. The van der Waals surface area contributed by atoms with Gasteiger partial charge in [0.15, 0.2) is 5.75 Å². The van der Waals surface area contributed by atoms with Crippen LogP contribution in [0.2, 0.25) is 10.0 Å². The van der Waals surface area contributed by atoms with Gasteiger partial charge in [0.1, 0.15) is 9.92 Å². The van der Waals surface area contributed by atoms with Crippen LogP contribution in [-0.2, 0) is 10.0 Å². The predicted molar refractivity (Wildman–Crippen MR) is 84.8 cm³/mol. The summed E-state index contributed by atoms with van der Waals surface area (Å²) in [5, 5.41) is 0.394. The van der Waals surface area contributed by atoms with Crippen LogP contribution in [0.4, 0.5) is 0 Å². The summed E-state index contributed by atoms with van der Waals surface area (Å²) in [6.07, 6.45) is 5.06. The Labute approximate surface area is 136 Å². The highest BCUT2D eigenvalue weighted by Crippen LogP contribution is 2.39. The van der Waals surface area contributed by atoms with Crippen LogP contribution in [0.1, 0.15) is 32.1 Å². The molecule has 0 heterocycles. The molecular weight excluding hydrogens is 333 g/mol. The average molecular weight is 352 g/mol. The number of benzene rings is 1. The topological polar surface area (TPSA) is 46.6 Å². The predicted octanol–water partition coefficient (Wildman–Crippen LogP) is 3.96. The van der Waals surface area contributed by atoms with Crippen molar-refractivity contribution >= 4 is 33.2 Å². The lowest BCUT2D eigenvalue weighted by Crippen LogP contribution is -2.38. The van der Waals surface area contributed by atoms with E-state index in [2.05, 4.69) is 0 Å². The van der Waals surface area contributed by atoms with Crippen LogP contribution in [0.25, 0.3) is 0 Å². The maximum Gasteiger partial charge on any atom is 0.246 e. The molecule has 0 N–H and O–H groups in total.